The summed E-state index contributed by atoms with van der Waals surface area (Å²) in [6.07, 6.45) is -1.56. The van der Waals surface area contributed by atoms with Crippen molar-refractivity contribution in [1.29, 1.82) is 0 Å². The molecule has 0 saturated heterocycles. The molecule has 0 saturated carbocycles. The molecule has 0 aliphatic heterocycles. The zero-order valence-electron chi connectivity index (χ0n) is 11.1. The van der Waals surface area contributed by atoms with E-state index in [0.29, 0.717) is 6.61 Å². The van der Waals surface area contributed by atoms with Crippen LogP contribution in [-0.4, -0.2) is 50.7 Å². The highest BCUT2D eigenvalue weighted by Gasteiger charge is 2.10. The second-order valence-electron chi connectivity index (χ2n) is 3.57. The Kier molecular flexibility index (Phi) is 11.8. The average molecular weight is 235 g/mol. The molecule has 0 bridgehead atoms. The first-order valence-corrected chi connectivity index (χ1v) is 5.70. The lowest BCUT2D eigenvalue weighted by Crippen LogP contribution is -2.42. The fourth-order valence-electron chi connectivity index (χ4n) is 0.844. The summed E-state index contributed by atoms with van der Waals surface area (Å²) in [5.41, 5.74) is 0. The van der Waals surface area contributed by atoms with Crippen LogP contribution < -0.4 is 5.11 Å². The highest BCUT2D eigenvalue weighted by Crippen LogP contribution is 1.97. The van der Waals surface area contributed by atoms with Crippen molar-refractivity contribution in [2.75, 3.05) is 40.1 Å². The molecule has 0 radical (unpaired) electrons. The van der Waals surface area contributed by atoms with Crippen LogP contribution in [0.15, 0.2) is 0 Å². The molecule has 0 fully saturated rings. The first-order chi connectivity index (χ1) is 7.45. The molecule has 0 aliphatic carbocycles. The van der Waals surface area contributed by atoms with Gasteiger partial charge in [-0.05, 0) is 27.7 Å². The van der Waals surface area contributed by atoms with E-state index >= 15 is 0 Å². The number of carboxylic acid groups (broad SMARTS) is 1. The second-order valence-corrected chi connectivity index (χ2v) is 3.57. The maximum Gasteiger partial charge on any atom is 0.253 e. The van der Waals surface area contributed by atoms with E-state index in [2.05, 4.69) is 37.3 Å². The van der Waals surface area contributed by atoms with Crippen molar-refractivity contribution in [2.45, 2.75) is 27.7 Å². The highest BCUT2D eigenvalue weighted by molar-refractivity contribution is 5.53. The van der Waals surface area contributed by atoms with E-state index in [1.165, 1.54) is 24.1 Å². The van der Waals surface area contributed by atoms with Crippen LogP contribution in [0.25, 0.3) is 0 Å². The van der Waals surface area contributed by atoms with Crippen LogP contribution in [0.4, 0.5) is 4.79 Å². The maximum absolute atomic E-state index is 9.46. The fourth-order valence-corrected chi connectivity index (χ4v) is 0.844. The molecule has 0 rings (SSSR count). The predicted molar refractivity (Wildman–Crippen MR) is 60.8 cm³/mol. The van der Waals surface area contributed by atoms with Crippen molar-refractivity contribution >= 4 is 6.16 Å². The third-order valence-corrected chi connectivity index (χ3v) is 2.75. The van der Waals surface area contributed by atoms with Gasteiger partial charge < -0.3 is 23.9 Å². The molecule has 0 aromatic rings. The molecule has 0 aliphatic rings. The fraction of sp³-hybridized carbons (Fsp3) is 0.909. The van der Waals surface area contributed by atoms with Gasteiger partial charge in [-0.1, -0.05) is 0 Å². The lowest BCUT2D eigenvalue weighted by Gasteiger charge is -2.30. The minimum Gasteiger partial charge on any atom is -0.524 e. The molecule has 0 amide bonds. The normalized spacial score (nSPS) is 10.3. The van der Waals surface area contributed by atoms with Crippen molar-refractivity contribution in [2.24, 2.45) is 0 Å². The van der Waals surface area contributed by atoms with Crippen LogP contribution >= 0.6 is 0 Å². The largest absolute Gasteiger partial charge is 0.524 e. The molecular weight excluding hydrogens is 210 g/mol. The van der Waals surface area contributed by atoms with Crippen LogP contribution in [0.5, 0.6) is 0 Å². The van der Waals surface area contributed by atoms with Crippen LogP contribution in [0.1, 0.15) is 27.7 Å². The van der Waals surface area contributed by atoms with Gasteiger partial charge >= 0.3 is 0 Å². The molecule has 16 heavy (non-hydrogen) atoms. The number of carbonyl (C=O) groups excluding carboxylic acids is 1. The van der Waals surface area contributed by atoms with E-state index in [1.54, 1.807) is 6.92 Å². The quantitative estimate of drug-likeness (QED) is 0.296. The number of carbonyl (C=O) groups is 1. The molecule has 5 heteroatoms. The van der Waals surface area contributed by atoms with Crippen LogP contribution in [0, 0.1) is 0 Å². The van der Waals surface area contributed by atoms with Crippen LogP contribution in [-0.2, 0) is 9.47 Å². The summed E-state index contributed by atoms with van der Waals surface area (Å²) in [6.45, 7) is 12.4. The topological polar surface area (TPSA) is 58.6 Å². The van der Waals surface area contributed by atoms with Gasteiger partial charge in [0.15, 0.2) is 0 Å². The summed E-state index contributed by atoms with van der Waals surface area (Å²) in [5.74, 6) is 0. The van der Waals surface area contributed by atoms with Gasteiger partial charge in [0.1, 0.15) is 6.79 Å². The number of ether oxygens (including phenoxy) is 2. The van der Waals surface area contributed by atoms with Gasteiger partial charge in [-0.15, -0.1) is 0 Å². The van der Waals surface area contributed by atoms with Gasteiger partial charge in [-0.25, -0.2) is 0 Å². The predicted octanol–water partition coefficient (Wildman–Crippen LogP) is 0.833. The molecule has 5 nitrogen and oxygen atoms in total. The summed E-state index contributed by atoms with van der Waals surface area (Å²) in [5, 5.41) is 9.46. The van der Waals surface area contributed by atoms with E-state index < -0.39 is 6.16 Å². The minimum absolute atomic E-state index is 0.237. The Balaban J connectivity index is 0. The van der Waals surface area contributed by atoms with Crippen molar-refractivity contribution in [1.82, 2.24) is 0 Å². The summed E-state index contributed by atoms with van der Waals surface area (Å²) < 4.78 is 9.58. The maximum atomic E-state index is 9.46. The molecule has 0 aromatic heterocycles. The number of rotatable bonds is 6. The molecule has 0 unspecified atom stereocenters. The van der Waals surface area contributed by atoms with Gasteiger partial charge in [0.25, 0.3) is 6.16 Å². The summed E-state index contributed by atoms with van der Waals surface area (Å²) in [6, 6.07) is 0. The lowest BCUT2D eigenvalue weighted by atomic mass is 10.4. The third-order valence-electron chi connectivity index (χ3n) is 2.75. The third kappa shape index (κ3) is 11.3. The van der Waals surface area contributed by atoms with E-state index in [1.807, 2.05) is 0 Å². The van der Waals surface area contributed by atoms with Gasteiger partial charge in [-0.2, -0.15) is 0 Å². The van der Waals surface area contributed by atoms with E-state index in [4.69, 9.17) is 0 Å². The minimum atomic E-state index is -1.56. The average Bonchev–Trinajstić information content (AvgIpc) is 2.29. The Labute approximate surface area is 98.5 Å². The number of nitrogens with zero attached hydrogens (tertiary/aromatic N) is 1. The Morgan fingerprint density at radius 2 is 1.56 bits per heavy atom. The van der Waals surface area contributed by atoms with Gasteiger partial charge in [0, 0.05) is 6.61 Å². The molecule has 0 atom stereocenters. The summed E-state index contributed by atoms with van der Waals surface area (Å²) in [7, 11) is 2.29. The zero-order chi connectivity index (χ0) is 13.0. The summed E-state index contributed by atoms with van der Waals surface area (Å²) >= 11 is 0. The molecule has 0 spiro atoms. The van der Waals surface area contributed by atoms with E-state index in [0.717, 1.165) is 0 Å². The van der Waals surface area contributed by atoms with Crippen LogP contribution in [0.3, 0.4) is 0 Å². The number of quaternary nitrogens is 1. The molecule has 0 aromatic carbocycles. The Morgan fingerprint density at radius 3 is 1.75 bits per heavy atom. The number of hydrogen-bond donors (Lipinski definition) is 0. The van der Waals surface area contributed by atoms with Crippen molar-refractivity contribution in [3.8, 4) is 0 Å². The zero-order valence-corrected chi connectivity index (χ0v) is 11.1. The van der Waals surface area contributed by atoms with Gasteiger partial charge in [0.05, 0.1) is 26.7 Å². The Morgan fingerprint density at radius 1 is 1.12 bits per heavy atom. The van der Waals surface area contributed by atoms with Crippen molar-refractivity contribution in [3.05, 3.63) is 0 Å². The van der Waals surface area contributed by atoms with Gasteiger partial charge in [-0.3, -0.25) is 0 Å². The summed E-state index contributed by atoms with van der Waals surface area (Å²) in [4.78, 5) is 9.46. The number of hydrogen-bond acceptors (Lipinski definition) is 4. The highest BCUT2D eigenvalue weighted by atomic mass is 16.7. The Hall–Kier alpha value is -0.810. The monoisotopic (exact) mass is 235 g/mol. The SMILES string of the molecule is CCOCOC(=O)[O-].CC[N+](C)(CC)CC. The van der Waals surface area contributed by atoms with Gasteiger partial charge in [0.2, 0.25) is 0 Å². The lowest BCUT2D eigenvalue weighted by molar-refractivity contribution is -0.904. The van der Waals surface area contributed by atoms with E-state index in [9.17, 15) is 9.90 Å². The first-order valence-electron chi connectivity index (χ1n) is 5.70. The molecular formula is C11H25NO4. The first kappa shape index (κ1) is 17.6. The molecule has 98 valence electrons. The van der Waals surface area contributed by atoms with E-state index in [-0.39, 0.29) is 6.79 Å². The smallest absolute Gasteiger partial charge is 0.253 e. The Bertz CT molecular complexity index is 161. The molecule has 0 heterocycles. The second kappa shape index (κ2) is 10.7. The molecule has 0 N–H and O–H groups in total. The van der Waals surface area contributed by atoms with Crippen molar-refractivity contribution < 1.29 is 23.9 Å². The van der Waals surface area contributed by atoms with Crippen LogP contribution in [0.2, 0.25) is 0 Å². The van der Waals surface area contributed by atoms with Crippen molar-refractivity contribution in [3.63, 3.8) is 0 Å². The standard InChI is InChI=1S/C7H18N.C4H8O4/c1-5-8(4,6-2)7-3;1-2-7-3-8-4(5)6/h5-7H2,1-4H3;2-3H2,1H3,(H,5,6)/q+1;/p-1.